The molecule has 0 amide bonds. The molecule has 29 atom stereocenters. The highest BCUT2D eigenvalue weighted by Crippen LogP contribution is 2.70. The second-order valence-electron chi connectivity index (χ2n) is 23.1. The van der Waals surface area contributed by atoms with Crippen LogP contribution in [0, 0.1) is 34.5 Å². The predicted molar refractivity (Wildman–Crippen MR) is 261 cm³/mol. The molecule has 14 N–H and O–H groups in total. The molecule has 0 unspecified atom stereocenters. The fraction of sp³-hybridized carbons (Fsp3) is 0.849. The Morgan fingerprint density at radius 2 is 1.10 bits per heavy atom. The molecule has 24 heteroatoms. The van der Waals surface area contributed by atoms with Crippen LogP contribution in [0.3, 0.4) is 0 Å². The molecule has 0 bridgehead atoms. The van der Waals surface area contributed by atoms with Crippen molar-refractivity contribution in [2.24, 2.45) is 34.5 Å². The molecular formula is C53H82O24. The lowest BCUT2D eigenvalue weighted by Crippen LogP contribution is -2.65. The smallest absolute Gasteiger partial charge is 0.187 e. The predicted octanol–water partition coefficient (Wildman–Crippen LogP) is -2.99. The first-order chi connectivity index (χ1) is 36.7. The first-order valence-corrected chi connectivity index (χ1v) is 27.1. The zero-order chi connectivity index (χ0) is 55.6. The van der Waals surface area contributed by atoms with Gasteiger partial charge in [0.1, 0.15) is 109 Å². The minimum atomic E-state index is -1.81. The molecule has 4 saturated heterocycles. The Bertz CT molecular complexity index is 2150. The number of aliphatic hydroxyl groups excluding tert-OH is 14. The lowest BCUT2D eigenvalue weighted by molar-refractivity contribution is -0.364. The molecule has 8 aliphatic rings. The van der Waals surface area contributed by atoms with Gasteiger partial charge in [-0.05, 0) is 110 Å². The summed E-state index contributed by atoms with van der Waals surface area (Å²) in [5, 5.41) is 149. The van der Waals surface area contributed by atoms with Gasteiger partial charge in [-0.15, -0.1) is 0 Å². The fourth-order valence-corrected chi connectivity index (χ4v) is 15.0. The van der Waals surface area contributed by atoms with Gasteiger partial charge in [-0.2, -0.15) is 0 Å². The normalized spacial score (nSPS) is 49.5. The Hall–Kier alpha value is -2.32. The van der Waals surface area contributed by atoms with Crippen molar-refractivity contribution in [1.82, 2.24) is 0 Å². The minimum absolute atomic E-state index is 0.157. The summed E-state index contributed by atoms with van der Waals surface area (Å²) in [4.78, 5) is 0. The number of hydrogen-bond donors (Lipinski definition) is 14. The number of aliphatic hydroxyl groups is 14. The van der Waals surface area contributed by atoms with Crippen LogP contribution in [0.1, 0.15) is 77.2 Å². The highest BCUT2D eigenvalue weighted by Gasteiger charge is 2.64. The molecule has 0 spiro atoms. The minimum Gasteiger partial charge on any atom is -0.497 e. The summed E-state index contributed by atoms with van der Waals surface area (Å²) >= 11 is 0. The summed E-state index contributed by atoms with van der Waals surface area (Å²) in [5.74, 6) is 1.60. The van der Waals surface area contributed by atoms with Crippen LogP contribution in [0.25, 0.3) is 0 Å². The maximum atomic E-state index is 11.7. The zero-order valence-electron chi connectivity index (χ0n) is 44.0. The lowest BCUT2D eigenvalue weighted by Gasteiger charge is -2.58. The zero-order valence-corrected chi connectivity index (χ0v) is 44.0. The molecule has 9 rings (SSSR count). The monoisotopic (exact) mass is 1100 g/mol. The van der Waals surface area contributed by atoms with E-state index in [1.807, 2.05) is 25.1 Å². The van der Waals surface area contributed by atoms with Crippen LogP contribution >= 0.6 is 0 Å². The van der Waals surface area contributed by atoms with Crippen LogP contribution in [-0.2, 0) is 37.9 Å². The Balaban J connectivity index is 0.910. The highest BCUT2D eigenvalue weighted by atomic mass is 16.8. The Morgan fingerprint density at radius 1 is 0.584 bits per heavy atom. The molecule has 24 nitrogen and oxygen atoms in total. The molecule has 438 valence electrons. The van der Waals surface area contributed by atoms with E-state index in [0.29, 0.717) is 24.3 Å². The second kappa shape index (κ2) is 23.9. The van der Waals surface area contributed by atoms with Crippen LogP contribution in [0.4, 0.5) is 0 Å². The number of rotatable bonds is 16. The van der Waals surface area contributed by atoms with Crippen molar-refractivity contribution in [3.8, 4) is 11.5 Å². The number of methoxy groups -OCH3 is 2. The van der Waals surface area contributed by atoms with E-state index in [1.54, 1.807) is 14.2 Å². The van der Waals surface area contributed by atoms with Crippen molar-refractivity contribution in [2.75, 3.05) is 40.6 Å². The van der Waals surface area contributed by atoms with Crippen LogP contribution in [0.15, 0.2) is 29.8 Å². The fourth-order valence-electron chi connectivity index (χ4n) is 15.0. The molecule has 1 aromatic carbocycles. The van der Waals surface area contributed by atoms with Gasteiger partial charge in [0.25, 0.3) is 0 Å². The van der Waals surface area contributed by atoms with Gasteiger partial charge >= 0.3 is 0 Å². The molecule has 4 aliphatic carbocycles. The van der Waals surface area contributed by atoms with Crippen molar-refractivity contribution in [1.29, 1.82) is 0 Å². The highest BCUT2D eigenvalue weighted by molar-refractivity contribution is 5.44. The van der Waals surface area contributed by atoms with Gasteiger partial charge in [0, 0.05) is 5.56 Å². The maximum absolute atomic E-state index is 11.7. The third-order valence-electron chi connectivity index (χ3n) is 19.1. The van der Waals surface area contributed by atoms with Crippen molar-refractivity contribution in [2.45, 2.75) is 207 Å². The largest absolute Gasteiger partial charge is 0.497 e. The Labute approximate surface area is 446 Å². The van der Waals surface area contributed by atoms with Crippen molar-refractivity contribution in [3.05, 3.63) is 35.4 Å². The van der Waals surface area contributed by atoms with Gasteiger partial charge < -0.3 is 119 Å². The van der Waals surface area contributed by atoms with Gasteiger partial charge in [-0.3, -0.25) is 0 Å². The van der Waals surface area contributed by atoms with Crippen LogP contribution in [-0.4, -0.2) is 247 Å². The summed E-state index contributed by atoms with van der Waals surface area (Å²) in [6, 6.07) is 5.71. The molecule has 4 aliphatic heterocycles. The molecule has 3 saturated carbocycles. The number of allylic oxidation sites excluding steroid dienone is 1. The average Bonchev–Trinajstić information content (AvgIpc) is 3.76. The van der Waals surface area contributed by atoms with Gasteiger partial charge in [0.2, 0.25) is 0 Å². The summed E-state index contributed by atoms with van der Waals surface area (Å²) in [6.45, 7) is 3.70. The molecule has 7 fully saturated rings. The van der Waals surface area contributed by atoms with Crippen LogP contribution in [0.5, 0.6) is 11.5 Å². The van der Waals surface area contributed by atoms with E-state index >= 15 is 0 Å². The lowest BCUT2D eigenvalue weighted by atomic mass is 9.47. The standard InChI is InChI=1S/C53H82O24/c1-21(70-48-44(66)40(62)46(33(19-56)74-48)76-50-42(64)38(60)36(58)31(17-54)72-50)35-27(26-15-23(68-4)7-9-30(26)69-5)16-29-25-8-6-22-14-24(10-12-52(22,2)28(25)11-13-53(29,35)3)71-49-45(67)41(63)47(34(20-57)75-49)77-51-43(65)39(61)37(59)32(18-55)73-51/h6-7,9,15,21,24-25,27-29,31-51,54-67H,8,10-14,16-20H2,1-5H3/t21-,24-,25+,27-,28-,29-,31+,32+,33+,34+,35-,36-,37-,38-,39-,40+,41+,42+,43+,44+,45+,46+,47+,48+,49+,50-,51-,52-,53-/m0/s1. The number of fused-ring (bicyclic) bond motifs is 5. The van der Waals surface area contributed by atoms with E-state index in [0.717, 1.165) is 37.7 Å². The second-order valence-corrected chi connectivity index (χ2v) is 23.1. The van der Waals surface area contributed by atoms with E-state index in [2.05, 4.69) is 19.9 Å². The SMILES string of the molecule is COc1ccc(OC)c([C@@H]2C[C@H]3[C@@H]4CC=C5C[C@@H](O[C@@H]6O[C@H](CO)[C@@H](O[C@@H]7O[C@H](CO)[C@H](O)[C@H](O)[C@H]7O)[C@H](O)[C@H]6O)CC[C@]5(C)[C@H]4CC[C@]3(C)[C@H]2[C@H](C)O[C@@H]2O[C@H](CO)[C@@H](O[C@@H]3O[C@H](CO)[C@H](O)[C@H](O)[C@H]3O)[C@H](O)[C@H]2O)c1. The molecule has 0 aromatic heterocycles. The number of benzene rings is 1. The first-order valence-electron chi connectivity index (χ1n) is 27.1. The van der Waals surface area contributed by atoms with E-state index in [4.69, 9.17) is 47.4 Å². The van der Waals surface area contributed by atoms with Gasteiger partial charge in [-0.1, -0.05) is 25.5 Å². The van der Waals surface area contributed by atoms with Crippen molar-refractivity contribution >= 4 is 0 Å². The third kappa shape index (κ3) is 10.7. The van der Waals surface area contributed by atoms with Gasteiger partial charge in [0.15, 0.2) is 25.2 Å². The van der Waals surface area contributed by atoms with Gasteiger partial charge in [-0.25, -0.2) is 0 Å². The Kier molecular flexibility index (Phi) is 18.4. The summed E-state index contributed by atoms with van der Waals surface area (Å²) in [6.07, 6.45) is -25.3. The topological polar surface area (TPSA) is 376 Å². The molecule has 77 heavy (non-hydrogen) atoms. The van der Waals surface area contributed by atoms with Crippen LogP contribution in [0.2, 0.25) is 0 Å². The van der Waals surface area contributed by atoms with E-state index < -0.39 is 161 Å². The molecular weight excluding hydrogens is 1020 g/mol. The van der Waals surface area contributed by atoms with Gasteiger partial charge in [0.05, 0.1) is 52.9 Å². The number of hydrogen-bond acceptors (Lipinski definition) is 24. The number of ether oxygens (including phenoxy) is 10. The summed E-state index contributed by atoms with van der Waals surface area (Å²) in [5.41, 5.74) is 1.57. The van der Waals surface area contributed by atoms with E-state index in [9.17, 15) is 71.5 Å². The van der Waals surface area contributed by atoms with E-state index in [1.165, 1.54) is 5.57 Å². The third-order valence-corrected chi connectivity index (χ3v) is 19.1. The quantitative estimate of drug-likeness (QED) is 0.0734. The Morgan fingerprint density at radius 3 is 1.65 bits per heavy atom. The average molecular weight is 1100 g/mol. The van der Waals surface area contributed by atoms with E-state index in [-0.39, 0.29) is 40.4 Å². The maximum Gasteiger partial charge on any atom is 0.187 e. The van der Waals surface area contributed by atoms with Crippen molar-refractivity contribution < 1.29 is 119 Å². The molecule has 1 aromatic rings. The molecule has 4 heterocycles. The van der Waals surface area contributed by atoms with Crippen LogP contribution < -0.4 is 9.47 Å². The summed E-state index contributed by atoms with van der Waals surface area (Å²) < 4.78 is 59.6. The molecule has 0 radical (unpaired) electrons. The first kappa shape index (κ1) is 59.3. The summed E-state index contributed by atoms with van der Waals surface area (Å²) in [7, 11) is 3.22. The van der Waals surface area contributed by atoms with Crippen molar-refractivity contribution in [3.63, 3.8) is 0 Å².